The van der Waals surface area contributed by atoms with Crippen LogP contribution in [0.2, 0.25) is 0 Å². The molecule has 1 aromatic rings. The lowest BCUT2D eigenvalue weighted by Gasteiger charge is -2.02. The highest BCUT2D eigenvalue weighted by Gasteiger charge is 2.18. The third-order valence-corrected chi connectivity index (χ3v) is 1.49. The maximum Gasteiger partial charge on any atom is 0.459 e. The molecule has 1 heterocycles. The molecule has 0 bridgehead atoms. The van der Waals surface area contributed by atoms with E-state index in [1.54, 1.807) is 33.6 Å². The standard InChI is InChI=1S/C8H12NO3/c1-10-7-5-4-6-9(12-3)8(7)11-2/h4-6H,1-3H3/q+1. The summed E-state index contributed by atoms with van der Waals surface area (Å²) in [6.45, 7) is 0. The van der Waals surface area contributed by atoms with Crippen LogP contribution >= 0.6 is 0 Å². The zero-order valence-corrected chi connectivity index (χ0v) is 7.40. The quantitative estimate of drug-likeness (QED) is 0.601. The van der Waals surface area contributed by atoms with E-state index in [1.165, 1.54) is 4.73 Å². The van der Waals surface area contributed by atoms with Crippen LogP contribution in [0.5, 0.6) is 11.6 Å². The number of hydrogen-bond acceptors (Lipinski definition) is 3. The monoisotopic (exact) mass is 170 g/mol. The molecule has 0 saturated carbocycles. The molecule has 0 unspecified atom stereocenters. The minimum atomic E-state index is 0.544. The molecule has 0 aromatic carbocycles. The van der Waals surface area contributed by atoms with Crippen molar-refractivity contribution in [1.29, 1.82) is 0 Å². The number of ether oxygens (including phenoxy) is 2. The van der Waals surface area contributed by atoms with E-state index in [-0.39, 0.29) is 0 Å². The Balaban J connectivity index is 3.13. The summed E-state index contributed by atoms with van der Waals surface area (Å²) in [6, 6.07) is 3.61. The largest absolute Gasteiger partial charge is 0.488 e. The summed E-state index contributed by atoms with van der Waals surface area (Å²) in [4.78, 5) is 4.99. The van der Waals surface area contributed by atoms with Crippen LogP contribution in [0.15, 0.2) is 18.3 Å². The van der Waals surface area contributed by atoms with Crippen molar-refractivity contribution in [3.63, 3.8) is 0 Å². The molecular weight excluding hydrogens is 158 g/mol. The summed E-state index contributed by atoms with van der Waals surface area (Å²) in [5, 5.41) is 0. The topological polar surface area (TPSA) is 31.6 Å². The van der Waals surface area contributed by atoms with Crippen molar-refractivity contribution in [2.45, 2.75) is 0 Å². The van der Waals surface area contributed by atoms with Crippen LogP contribution < -0.4 is 19.0 Å². The van der Waals surface area contributed by atoms with Gasteiger partial charge in [-0.05, 0) is 6.07 Å². The van der Waals surface area contributed by atoms with E-state index in [0.717, 1.165) is 0 Å². The van der Waals surface area contributed by atoms with Crippen molar-refractivity contribution in [2.75, 3.05) is 21.3 Å². The molecule has 0 aliphatic rings. The van der Waals surface area contributed by atoms with E-state index in [1.807, 2.05) is 6.07 Å². The van der Waals surface area contributed by atoms with Gasteiger partial charge in [0.05, 0.1) is 19.0 Å². The molecule has 0 radical (unpaired) electrons. The number of rotatable bonds is 3. The maximum absolute atomic E-state index is 5.07. The van der Waals surface area contributed by atoms with Crippen LogP contribution in [-0.2, 0) is 0 Å². The van der Waals surface area contributed by atoms with Gasteiger partial charge in [0.1, 0.15) is 7.11 Å². The van der Waals surface area contributed by atoms with Gasteiger partial charge in [0.2, 0.25) is 11.9 Å². The summed E-state index contributed by atoms with van der Waals surface area (Å²) in [5.74, 6) is 1.18. The number of pyridine rings is 1. The Kier molecular flexibility index (Phi) is 2.74. The molecule has 0 aliphatic carbocycles. The Morgan fingerprint density at radius 2 is 1.92 bits per heavy atom. The van der Waals surface area contributed by atoms with Gasteiger partial charge in [-0.1, -0.05) is 0 Å². The first kappa shape index (κ1) is 8.64. The van der Waals surface area contributed by atoms with Gasteiger partial charge < -0.3 is 9.47 Å². The van der Waals surface area contributed by atoms with E-state index < -0.39 is 0 Å². The molecule has 66 valence electrons. The molecule has 0 fully saturated rings. The average molecular weight is 170 g/mol. The van der Waals surface area contributed by atoms with Crippen molar-refractivity contribution >= 4 is 0 Å². The molecule has 0 atom stereocenters. The molecule has 0 aliphatic heterocycles. The van der Waals surface area contributed by atoms with Gasteiger partial charge in [0.25, 0.3) is 0 Å². The molecule has 0 amide bonds. The van der Waals surface area contributed by atoms with E-state index in [2.05, 4.69) is 0 Å². The zero-order chi connectivity index (χ0) is 8.97. The average Bonchev–Trinajstić information content (AvgIpc) is 2.16. The molecule has 12 heavy (non-hydrogen) atoms. The van der Waals surface area contributed by atoms with Gasteiger partial charge in [0, 0.05) is 6.07 Å². The summed E-state index contributed by atoms with van der Waals surface area (Å²) in [7, 11) is 4.70. The van der Waals surface area contributed by atoms with Crippen molar-refractivity contribution in [2.24, 2.45) is 0 Å². The second-order valence-electron chi connectivity index (χ2n) is 2.09. The third kappa shape index (κ3) is 1.42. The summed E-state index contributed by atoms with van der Waals surface area (Å²) in [5.41, 5.74) is 0. The molecule has 0 saturated heterocycles. The van der Waals surface area contributed by atoms with Crippen LogP contribution in [-0.4, -0.2) is 21.3 Å². The Labute approximate surface area is 71.3 Å². The first-order chi connectivity index (χ1) is 5.83. The second kappa shape index (κ2) is 3.80. The van der Waals surface area contributed by atoms with Gasteiger partial charge in [-0.3, -0.25) is 4.84 Å². The Hall–Kier alpha value is -1.45. The summed E-state index contributed by atoms with van der Waals surface area (Å²) in [6.07, 6.45) is 1.74. The minimum Gasteiger partial charge on any atom is -0.488 e. The third-order valence-electron chi connectivity index (χ3n) is 1.49. The van der Waals surface area contributed by atoms with Gasteiger partial charge in [-0.2, -0.15) is 0 Å². The normalized spacial score (nSPS) is 9.25. The number of aromatic nitrogens is 1. The Morgan fingerprint density at radius 3 is 2.42 bits per heavy atom. The number of hydrogen-bond donors (Lipinski definition) is 0. The van der Waals surface area contributed by atoms with Crippen LogP contribution in [0.25, 0.3) is 0 Å². The first-order valence-electron chi connectivity index (χ1n) is 3.50. The fraction of sp³-hybridized carbons (Fsp3) is 0.375. The molecule has 0 N–H and O–H groups in total. The lowest BCUT2D eigenvalue weighted by Crippen LogP contribution is -2.41. The van der Waals surface area contributed by atoms with E-state index in [9.17, 15) is 0 Å². The molecule has 1 rings (SSSR count). The number of nitrogens with zero attached hydrogens (tertiary/aromatic N) is 1. The van der Waals surface area contributed by atoms with Crippen LogP contribution in [0.1, 0.15) is 0 Å². The van der Waals surface area contributed by atoms with Crippen LogP contribution in [0.4, 0.5) is 0 Å². The fourth-order valence-corrected chi connectivity index (χ4v) is 0.946. The predicted octanol–water partition coefficient (Wildman–Crippen LogP) is 0.0497. The van der Waals surface area contributed by atoms with Gasteiger partial charge >= 0.3 is 5.88 Å². The van der Waals surface area contributed by atoms with Gasteiger partial charge in [-0.15, -0.1) is 0 Å². The molecule has 4 nitrogen and oxygen atoms in total. The van der Waals surface area contributed by atoms with E-state index in [4.69, 9.17) is 14.3 Å². The van der Waals surface area contributed by atoms with E-state index in [0.29, 0.717) is 11.6 Å². The van der Waals surface area contributed by atoms with Crippen LogP contribution in [0, 0.1) is 0 Å². The van der Waals surface area contributed by atoms with Crippen LogP contribution in [0.3, 0.4) is 0 Å². The lowest BCUT2D eigenvalue weighted by molar-refractivity contribution is -0.887. The molecular formula is C8H12NO3+. The molecule has 0 spiro atoms. The number of methoxy groups -OCH3 is 2. The molecule has 4 heteroatoms. The van der Waals surface area contributed by atoms with E-state index >= 15 is 0 Å². The second-order valence-corrected chi connectivity index (χ2v) is 2.09. The van der Waals surface area contributed by atoms with Crippen molar-refractivity contribution in [3.05, 3.63) is 18.3 Å². The fourth-order valence-electron chi connectivity index (χ4n) is 0.946. The smallest absolute Gasteiger partial charge is 0.459 e. The highest BCUT2D eigenvalue weighted by Crippen LogP contribution is 2.19. The summed E-state index contributed by atoms with van der Waals surface area (Å²) < 4.78 is 11.6. The van der Waals surface area contributed by atoms with Crippen molar-refractivity contribution in [1.82, 2.24) is 0 Å². The summed E-state index contributed by atoms with van der Waals surface area (Å²) >= 11 is 0. The predicted molar refractivity (Wildman–Crippen MR) is 42.2 cm³/mol. The Morgan fingerprint density at radius 1 is 1.17 bits per heavy atom. The zero-order valence-electron chi connectivity index (χ0n) is 7.40. The van der Waals surface area contributed by atoms with Gasteiger partial charge in [-0.25, -0.2) is 0 Å². The Bertz CT molecular complexity index is 240. The highest BCUT2D eigenvalue weighted by molar-refractivity contribution is 5.27. The maximum atomic E-state index is 5.07. The minimum absolute atomic E-state index is 0.544. The van der Waals surface area contributed by atoms with Crippen molar-refractivity contribution < 1.29 is 19.0 Å². The highest BCUT2D eigenvalue weighted by atomic mass is 16.7. The van der Waals surface area contributed by atoms with Gasteiger partial charge in [0.15, 0.2) is 0 Å². The SMILES string of the molecule is COc1ccc[n+](OC)c1OC. The first-order valence-corrected chi connectivity index (χ1v) is 3.50. The molecule has 1 aromatic heterocycles. The van der Waals surface area contributed by atoms with Crippen molar-refractivity contribution in [3.8, 4) is 11.6 Å². The lowest BCUT2D eigenvalue weighted by atomic mass is 10.4.